The second-order valence-electron chi connectivity index (χ2n) is 6.92. The van der Waals surface area contributed by atoms with Gasteiger partial charge >= 0.3 is 0 Å². The summed E-state index contributed by atoms with van der Waals surface area (Å²) in [4.78, 5) is 12.8. The summed E-state index contributed by atoms with van der Waals surface area (Å²) in [6.45, 7) is 5.93. The molecule has 0 saturated carbocycles. The van der Waals surface area contributed by atoms with E-state index in [1.54, 1.807) is 32.4 Å². The number of aromatic nitrogens is 1. The highest BCUT2D eigenvalue weighted by atomic mass is 16.5. The van der Waals surface area contributed by atoms with Gasteiger partial charge in [-0.2, -0.15) is 0 Å². The van der Waals surface area contributed by atoms with Gasteiger partial charge in [-0.1, -0.05) is 11.2 Å². The van der Waals surface area contributed by atoms with Crippen molar-refractivity contribution in [2.24, 2.45) is 0 Å². The van der Waals surface area contributed by atoms with Gasteiger partial charge in [-0.15, -0.1) is 0 Å². The third kappa shape index (κ3) is 4.74. The predicted molar refractivity (Wildman–Crippen MR) is 112 cm³/mol. The molecule has 7 nitrogen and oxygen atoms in total. The lowest BCUT2D eigenvalue weighted by molar-refractivity contribution is 0.0939. The quantitative estimate of drug-likeness (QED) is 0.593. The van der Waals surface area contributed by atoms with Crippen molar-refractivity contribution < 1.29 is 23.5 Å². The molecular weight excluding hydrogens is 384 g/mol. The van der Waals surface area contributed by atoms with Gasteiger partial charge in [-0.05, 0) is 57.2 Å². The molecule has 0 spiro atoms. The van der Waals surface area contributed by atoms with Gasteiger partial charge in [0.2, 0.25) is 0 Å². The van der Waals surface area contributed by atoms with Gasteiger partial charge in [0.1, 0.15) is 29.6 Å². The van der Waals surface area contributed by atoms with Crippen molar-refractivity contribution in [1.82, 2.24) is 10.5 Å². The van der Waals surface area contributed by atoms with Crippen LogP contribution < -0.4 is 19.5 Å². The van der Waals surface area contributed by atoms with Crippen molar-refractivity contribution in [3.05, 3.63) is 70.6 Å². The molecule has 0 aliphatic carbocycles. The molecule has 1 heterocycles. The normalized spacial score (nSPS) is 11.6. The predicted octanol–water partition coefficient (Wildman–Crippen LogP) is 4.38. The fourth-order valence-electron chi connectivity index (χ4n) is 3.13. The van der Waals surface area contributed by atoms with E-state index in [4.69, 9.17) is 18.7 Å². The minimum Gasteiger partial charge on any atom is -0.497 e. The molecule has 1 aromatic heterocycles. The summed E-state index contributed by atoms with van der Waals surface area (Å²) in [5.41, 5.74) is 3.03. The smallest absolute Gasteiger partial charge is 0.251 e. The summed E-state index contributed by atoms with van der Waals surface area (Å²) in [5.74, 6) is 2.48. The number of hydrogen-bond acceptors (Lipinski definition) is 6. The van der Waals surface area contributed by atoms with Gasteiger partial charge in [-0.25, -0.2) is 0 Å². The SMILES string of the molecule is COc1ccc(OC)c([C@@H](C)NC(=O)c2cccc(OCc3c(C)noc3C)c2)c1. The minimum atomic E-state index is -0.283. The van der Waals surface area contributed by atoms with Gasteiger partial charge in [-0.3, -0.25) is 4.79 Å². The van der Waals surface area contributed by atoms with Gasteiger partial charge in [0, 0.05) is 11.1 Å². The number of methoxy groups -OCH3 is 2. The van der Waals surface area contributed by atoms with Crippen LogP contribution >= 0.6 is 0 Å². The summed E-state index contributed by atoms with van der Waals surface area (Å²) in [5, 5.41) is 6.92. The van der Waals surface area contributed by atoms with Crippen molar-refractivity contribution in [2.75, 3.05) is 14.2 Å². The molecule has 1 atom stereocenters. The summed E-state index contributed by atoms with van der Waals surface area (Å²) >= 11 is 0. The molecule has 0 saturated heterocycles. The van der Waals surface area contributed by atoms with Crippen LogP contribution in [0.5, 0.6) is 17.2 Å². The molecule has 158 valence electrons. The van der Waals surface area contributed by atoms with Crippen LogP contribution in [-0.4, -0.2) is 25.3 Å². The van der Waals surface area contributed by atoms with E-state index in [-0.39, 0.29) is 11.9 Å². The molecular formula is C23H26N2O5. The molecule has 1 N–H and O–H groups in total. The fourth-order valence-corrected chi connectivity index (χ4v) is 3.13. The van der Waals surface area contributed by atoms with E-state index in [9.17, 15) is 4.79 Å². The van der Waals surface area contributed by atoms with Gasteiger partial charge in [0.15, 0.2) is 0 Å². The van der Waals surface area contributed by atoms with Crippen molar-refractivity contribution >= 4 is 5.91 Å². The number of hydrogen-bond donors (Lipinski definition) is 1. The molecule has 2 aromatic carbocycles. The molecule has 0 aliphatic heterocycles. The molecule has 0 unspecified atom stereocenters. The zero-order valence-corrected chi connectivity index (χ0v) is 17.8. The van der Waals surface area contributed by atoms with Crippen LogP contribution in [0.1, 0.15) is 45.9 Å². The van der Waals surface area contributed by atoms with Crippen LogP contribution in [0, 0.1) is 13.8 Å². The summed E-state index contributed by atoms with van der Waals surface area (Å²) in [7, 11) is 3.20. The first-order chi connectivity index (χ1) is 14.4. The highest BCUT2D eigenvalue weighted by molar-refractivity contribution is 5.94. The second kappa shape index (κ2) is 9.35. The standard InChI is InChI=1S/C23H26N2O5/c1-14(20-12-18(27-4)9-10-22(20)28-5)24-23(26)17-7-6-8-19(11-17)29-13-21-15(2)25-30-16(21)3/h6-12,14H,13H2,1-5H3,(H,24,26)/t14-/m1/s1. The Bertz CT molecular complexity index is 1010. The van der Waals surface area contributed by atoms with Gasteiger partial charge in [0.25, 0.3) is 5.91 Å². The number of carbonyl (C=O) groups excluding carboxylic acids is 1. The van der Waals surface area contributed by atoms with Crippen molar-refractivity contribution in [3.8, 4) is 17.2 Å². The molecule has 0 aliphatic rings. The third-order valence-electron chi connectivity index (χ3n) is 4.91. The first-order valence-electron chi connectivity index (χ1n) is 9.60. The van der Waals surface area contributed by atoms with E-state index in [0.717, 1.165) is 22.6 Å². The number of carbonyl (C=O) groups is 1. The zero-order valence-electron chi connectivity index (χ0n) is 17.8. The Kier molecular flexibility index (Phi) is 6.61. The van der Waals surface area contributed by atoms with E-state index in [2.05, 4.69) is 10.5 Å². The molecule has 1 amide bonds. The molecule has 7 heteroatoms. The maximum absolute atomic E-state index is 12.8. The monoisotopic (exact) mass is 410 g/mol. The third-order valence-corrected chi connectivity index (χ3v) is 4.91. The Morgan fingerprint density at radius 3 is 2.57 bits per heavy atom. The Balaban J connectivity index is 1.71. The van der Waals surface area contributed by atoms with Crippen LogP contribution in [0.15, 0.2) is 47.0 Å². The first-order valence-corrected chi connectivity index (χ1v) is 9.60. The molecule has 3 rings (SSSR count). The number of aryl methyl sites for hydroxylation is 2. The second-order valence-corrected chi connectivity index (χ2v) is 6.92. The first kappa shape index (κ1) is 21.2. The van der Waals surface area contributed by atoms with Crippen molar-refractivity contribution in [2.45, 2.75) is 33.4 Å². The number of nitrogens with one attached hydrogen (secondary N) is 1. The van der Waals surface area contributed by atoms with Crippen molar-refractivity contribution in [1.29, 1.82) is 0 Å². The van der Waals surface area contributed by atoms with Crippen LogP contribution in [0.2, 0.25) is 0 Å². The van der Waals surface area contributed by atoms with Crippen LogP contribution in [0.25, 0.3) is 0 Å². The summed E-state index contributed by atoms with van der Waals surface area (Å²) in [6, 6.07) is 12.3. The lowest BCUT2D eigenvalue weighted by atomic mass is 10.1. The van der Waals surface area contributed by atoms with Crippen molar-refractivity contribution in [3.63, 3.8) is 0 Å². The Hall–Kier alpha value is -3.48. The summed E-state index contributed by atoms with van der Waals surface area (Å²) < 4.78 is 21.7. The number of benzene rings is 2. The number of nitrogens with zero attached hydrogens (tertiary/aromatic N) is 1. The maximum Gasteiger partial charge on any atom is 0.251 e. The lowest BCUT2D eigenvalue weighted by Crippen LogP contribution is -2.27. The van der Waals surface area contributed by atoms with E-state index in [1.807, 2.05) is 45.0 Å². The topological polar surface area (TPSA) is 82.8 Å². The van der Waals surface area contributed by atoms with Gasteiger partial charge < -0.3 is 24.1 Å². The Morgan fingerprint density at radius 2 is 1.90 bits per heavy atom. The lowest BCUT2D eigenvalue weighted by Gasteiger charge is -2.18. The summed E-state index contributed by atoms with van der Waals surface area (Å²) in [6.07, 6.45) is 0. The molecule has 0 radical (unpaired) electrons. The van der Waals surface area contributed by atoms with E-state index in [1.165, 1.54) is 0 Å². The molecule has 3 aromatic rings. The Morgan fingerprint density at radius 1 is 1.10 bits per heavy atom. The van der Waals surface area contributed by atoms with E-state index < -0.39 is 0 Å². The Labute approximate surface area is 175 Å². The number of rotatable bonds is 8. The minimum absolute atomic E-state index is 0.213. The average molecular weight is 410 g/mol. The number of amides is 1. The molecule has 0 bridgehead atoms. The van der Waals surface area contributed by atoms with Gasteiger partial charge in [0.05, 0.1) is 31.5 Å². The van der Waals surface area contributed by atoms with E-state index >= 15 is 0 Å². The number of ether oxygens (including phenoxy) is 3. The highest BCUT2D eigenvalue weighted by Crippen LogP contribution is 2.29. The van der Waals surface area contributed by atoms with E-state index in [0.29, 0.717) is 29.4 Å². The highest BCUT2D eigenvalue weighted by Gasteiger charge is 2.17. The molecule has 30 heavy (non-hydrogen) atoms. The van der Waals surface area contributed by atoms with Crippen LogP contribution in [0.3, 0.4) is 0 Å². The zero-order chi connectivity index (χ0) is 21.7. The maximum atomic E-state index is 12.8. The van der Waals surface area contributed by atoms with Crippen LogP contribution in [0.4, 0.5) is 0 Å². The van der Waals surface area contributed by atoms with Crippen LogP contribution in [-0.2, 0) is 6.61 Å². The molecule has 0 fully saturated rings. The largest absolute Gasteiger partial charge is 0.497 e. The fraction of sp³-hybridized carbons (Fsp3) is 0.304. The average Bonchev–Trinajstić information content (AvgIpc) is 3.09.